The van der Waals surface area contributed by atoms with Crippen LogP contribution in [-0.2, 0) is 16.1 Å². The first kappa shape index (κ1) is 20.3. The smallest absolute Gasteiger partial charge is 0.325 e. The van der Waals surface area contributed by atoms with Crippen molar-refractivity contribution in [1.82, 2.24) is 10.2 Å². The number of halogens is 1. The normalized spacial score (nSPS) is 21.4. The van der Waals surface area contributed by atoms with Gasteiger partial charge in [-0.3, -0.25) is 9.69 Å². The van der Waals surface area contributed by atoms with Gasteiger partial charge in [0.2, 0.25) is 0 Å². The maximum absolute atomic E-state index is 13.5. The Morgan fingerprint density at radius 1 is 1.31 bits per heavy atom. The lowest BCUT2D eigenvalue weighted by molar-refractivity contribution is -0.132. The van der Waals surface area contributed by atoms with Crippen LogP contribution < -0.4 is 5.32 Å². The first-order chi connectivity index (χ1) is 12.2. The second kappa shape index (κ2) is 8.60. The molecule has 1 fully saturated rings. The van der Waals surface area contributed by atoms with E-state index in [0.29, 0.717) is 17.9 Å². The number of aliphatic hydroxyl groups is 1. The number of imide groups is 1. The minimum Gasteiger partial charge on any atom is -0.389 e. The third-order valence-corrected chi connectivity index (χ3v) is 4.49. The Morgan fingerprint density at radius 3 is 2.65 bits per heavy atom. The first-order valence-electron chi connectivity index (χ1n) is 8.86. The van der Waals surface area contributed by atoms with Gasteiger partial charge < -0.3 is 15.2 Å². The molecule has 0 bridgehead atoms. The minimum atomic E-state index is -1.04. The van der Waals surface area contributed by atoms with Crippen molar-refractivity contribution < 1.29 is 23.8 Å². The number of benzene rings is 1. The van der Waals surface area contributed by atoms with Crippen LogP contribution in [0.5, 0.6) is 0 Å². The molecule has 1 aliphatic heterocycles. The summed E-state index contributed by atoms with van der Waals surface area (Å²) < 4.78 is 18.8. The number of aliphatic hydroxyl groups excluding tert-OH is 1. The van der Waals surface area contributed by atoms with Gasteiger partial charge in [-0.15, -0.1) is 0 Å². The van der Waals surface area contributed by atoms with E-state index in [4.69, 9.17) is 4.74 Å². The molecule has 1 saturated heterocycles. The predicted octanol–water partition coefficient (Wildman–Crippen LogP) is 2.45. The monoisotopic (exact) mass is 366 g/mol. The van der Waals surface area contributed by atoms with Gasteiger partial charge in [-0.05, 0) is 31.7 Å². The Bertz CT molecular complexity index is 652. The molecule has 144 valence electrons. The molecule has 2 rings (SSSR count). The zero-order chi connectivity index (χ0) is 19.3. The van der Waals surface area contributed by atoms with Crippen LogP contribution in [0, 0.1) is 11.7 Å². The highest BCUT2D eigenvalue weighted by Crippen LogP contribution is 2.24. The molecule has 7 heteroatoms. The highest BCUT2D eigenvalue weighted by atomic mass is 19.1. The zero-order valence-electron chi connectivity index (χ0n) is 15.5. The molecule has 26 heavy (non-hydrogen) atoms. The Balaban J connectivity index is 1.84. The summed E-state index contributed by atoms with van der Waals surface area (Å²) in [4.78, 5) is 25.7. The minimum absolute atomic E-state index is 0.00990. The van der Waals surface area contributed by atoms with Crippen molar-refractivity contribution in [3.8, 4) is 0 Å². The lowest BCUT2D eigenvalue weighted by Crippen LogP contribution is -2.45. The Kier molecular flexibility index (Phi) is 6.72. The topological polar surface area (TPSA) is 78.9 Å². The molecule has 1 aromatic carbocycles. The number of urea groups is 1. The molecule has 2 N–H and O–H groups in total. The fraction of sp³-hybridized carbons (Fsp3) is 0.579. The van der Waals surface area contributed by atoms with Crippen LogP contribution in [0.2, 0.25) is 0 Å². The molecule has 0 aromatic heterocycles. The second-order valence-corrected chi connectivity index (χ2v) is 7.37. The predicted molar refractivity (Wildman–Crippen MR) is 94.8 cm³/mol. The summed E-state index contributed by atoms with van der Waals surface area (Å²) in [6.07, 6.45) is 0.319. The number of nitrogens with zero attached hydrogens (tertiary/aromatic N) is 1. The van der Waals surface area contributed by atoms with Gasteiger partial charge in [0.15, 0.2) is 0 Å². The number of β-amino-alcohol motifs (C(OH)–C–C–N with tert-alkyl or cyclic N) is 1. The van der Waals surface area contributed by atoms with Gasteiger partial charge in [-0.2, -0.15) is 0 Å². The van der Waals surface area contributed by atoms with Crippen LogP contribution >= 0.6 is 0 Å². The molecule has 2 atom stereocenters. The van der Waals surface area contributed by atoms with Gasteiger partial charge in [-0.1, -0.05) is 32.0 Å². The third-order valence-electron chi connectivity index (χ3n) is 4.49. The summed E-state index contributed by atoms with van der Waals surface area (Å²) in [5, 5.41) is 12.8. The van der Waals surface area contributed by atoms with Crippen LogP contribution in [0.15, 0.2) is 24.3 Å². The number of nitrogens with one attached hydrogen (secondary N) is 1. The van der Waals surface area contributed by atoms with Gasteiger partial charge in [0.25, 0.3) is 5.91 Å². The van der Waals surface area contributed by atoms with E-state index in [1.165, 1.54) is 6.07 Å². The summed E-state index contributed by atoms with van der Waals surface area (Å²) in [5.41, 5.74) is -0.550. The largest absolute Gasteiger partial charge is 0.389 e. The van der Waals surface area contributed by atoms with Crippen LogP contribution in [0.25, 0.3) is 0 Å². The lowest BCUT2D eigenvalue weighted by atomic mass is 9.92. The Morgan fingerprint density at radius 2 is 2.00 bits per heavy atom. The maximum Gasteiger partial charge on any atom is 0.325 e. The summed E-state index contributed by atoms with van der Waals surface area (Å²) >= 11 is 0. The summed E-state index contributed by atoms with van der Waals surface area (Å²) in [6.45, 7) is 5.57. The highest BCUT2D eigenvalue weighted by molar-refractivity contribution is 6.06. The average Bonchev–Trinajstić information content (AvgIpc) is 2.79. The van der Waals surface area contributed by atoms with Crippen molar-refractivity contribution in [1.29, 1.82) is 0 Å². The average molecular weight is 366 g/mol. The van der Waals surface area contributed by atoms with Crippen molar-refractivity contribution in [3.63, 3.8) is 0 Å². The lowest BCUT2D eigenvalue weighted by Gasteiger charge is -2.23. The quantitative estimate of drug-likeness (QED) is 0.658. The Labute approximate surface area is 153 Å². The molecule has 1 aliphatic rings. The van der Waals surface area contributed by atoms with Crippen molar-refractivity contribution >= 4 is 11.9 Å². The first-order valence-corrected chi connectivity index (χ1v) is 8.86. The molecule has 0 spiro atoms. The fourth-order valence-corrected chi connectivity index (χ4v) is 2.84. The fourth-order valence-electron chi connectivity index (χ4n) is 2.84. The zero-order valence-corrected chi connectivity index (χ0v) is 15.5. The molecule has 1 heterocycles. The van der Waals surface area contributed by atoms with Gasteiger partial charge in [0.05, 0.1) is 25.9 Å². The molecule has 0 radical (unpaired) electrons. The van der Waals surface area contributed by atoms with Crippen molar-refractivity contribution in [2.75, 3.05) is 13.2 Å². The van der Waals surface area contributed by atoms with E-state index in [0.717, 1.165) is 11.3 Å². The number of amides is 3. The molecular formula is C19H27FN2O4. The number of hydrogen-bond donors (Lipinski definition) is 2. The molecule has 2 unspecified atom stereocenters. The maximum atomic E-state index is 13.5. The summed E-state index contributed by atoms with van der Waals surface area (Å²) in [7, 11) is 0. The number of ether oxygens (including phenoxy) is 1. The van der Waals surface area contributed by atoms with E-state index in [1.807, 2.05) is 0 Å². The number of carbonyl (C=O) groups is 2. The summed E-state index contributed by atoms with van der Waals surface area (Å²) in [6, 6.07) is 5.71. The van der Waals surface area contributed by atoms with E-state index >= 15 is 0 Å². The van der Waals surface area contributed by atoms with Gasteiger partial charge >= 0.3 is 6.03 Å². The van der Waals surface area contributed by atoms with E-state index in [9.17, 15) is 19.1 Å². The molecule has 3 amide bonds. The molecule has 0 aliphatic carbocycles. The summed E-state index contributed by atoms with van der Waals surface area (Å²) in [5.74, 6) is -0.295. The van der Waals surface area contributed by atoms with Crippen LogP contribution in [0.4, 0.5) is 9.18 Å². The number of hydrogen-bond acceptors (Lipinski definition) is 4. The van der Waals surface area contributed by atoms with Crippen molar-refractivity contribution in [2.24, 2.45) is 5.92 Å². The molecule has 0 saturated carbocycles. The Hall–Kier alpha value is -1.99. The third kappa shape index (κ3) is 5.02. The van der Waals surface area contributed by atoms with Crippen LogP contribution in [-0.4, -0.2) is 46.7 Å². The standard InChI is InChI=1S/C19H27FN2O4/c1-13(2)8-9-19(3)17(24)22(18(25)21-19)10-15(23)12-26-11-14-6-4-5-7-16(14)20/h4-7,13,15,23H,8-12H2,1-3H3,(H,21,25). The number of carbonyl (C=O) groups excluding carboxylic acids is 2. The van der Waals surface area contributed by atoms with Crippen molar-refractivity contribution in [3.05, 3.63) is 35.6 Å². The molecule has 6 nitrogen and oxygen atoms in total. The molecular weight excluding hydrogens is 339 g/mol. The van der Waals surface area contributed by atoms with Crippen LogP contribution in [0.3, 0.4) is 0 Å². The van der Waals surface area contributed by atoms with Gasteiger partial charge in [0, 0.05) is 5.56 Å². The second-order valence-electron chi connectivity index (χ2n) is 7.37. The van der Waals surface area contributed by atoms with E-state index < -0.39 is 17.7 Å². The number of rotatable bonds is 9. The van der Waals surface area contributed by atoms with Gasteiger partial charge in [0.1, 0.15) is 11.4 Å². The highest BCUT2D eigenvalue weighted by Gasteiger charge is 2.47. The van der Waals surface area contributed by atoms with Crippen molar-refractivity contribution in [2.45, 2.75) is 51.9 Å². The SMILES string of the molecule is CC(C)CCC1(C)NC(=O)N(CC(O)COCc2ccccc2F)C1=O. The molecule has 1 aromatic rings. The van der Waals surface area contributed by atoms with E-state index in [2.05, 4.69) is 19.2 Å². The van der Waals surface area contributed by atoms with Gasteiger partial charge in [-0.25, -0.2) is 9.18 Å². The van der Waals surface area contributed by atoms with E-state index in [-0.39, 0.29) is 31.5 Å². The van der Waals surface area contributed by atoms with E-state index in [1.54, 1.807) is 25.1 Å². The van der Waals surface area contributed by atoms with Crippen LogP contribution in [0.1, 0.15) is 39.2 Å².